The molecule has 0 spiro atoms. The molecule has 0 bridgehead atoms. The Labute approximate surface area is 76.2 Å². The number of aliphatic hydroxyl groups is 1. The number of hydrogen-bond donors (Lipinski definition) is 1. The molecule has 1 saturated carbocycles. The van der Waals surface area contributed by atoms with E-state index in [2.05, 4.69) is 27.7 Å². The first-order valence-electron chi connectivity index (χ1n) is 5.22. The van der Waals surface area contributed by atoms with Crippen LogP contribution in [0.2, 0.25) is 0 Å². The highest BCUT2D eigenvalue weighted by atomic mass is 16.3. The van der Waals surface area contributed by atoms with Crippen molar-refractivity contribution in [2.45, 2.75) is 46.6 Å². The molecule has 0 amide bonds. The fraction of sp³-hybridized carbons (Fsp3) is 1.00. The van der Waals surface area contributed by atoms with Crippen LogP contribution in [0.25, 0.3) is 0 Å². The maximum Gasteiger partial charge on any atom is 0.0598 e. The van der Waals surface area contributed by atoms with Crippen LogP contribution >= 0.6 is 0 Å². The molecule has 0 heterocycles. The van der Waals surface area contributed by atoms with Gasteiger partial charge in [0.25, 0.3) is 0 Å². The number of hydrogen-bond acceptors (Lipinski definition) is 1. The van der Waals surface area contributed by atoms with E-state index < -0.39 is 0 Å². The summed E-state index contributed by atoms with van der Waals surface area (Å²) in [6, 6.07) is 0. The molecule has 0 aliphatic heterocycles. The third-order valence-corrected chi connectivity index (χ3v) is 3.69. The highest BCUT2D eigenvalue weighted by Crippen LogP contribution is 2.37. The van der Waals surface area contributed by atoms with Gasteiger partial charge < -0.3 is 5.11 Å². The van der Waals surface area contributed by atoms with Crippen LogP contribution in [0.15, 0.2) is 0 Å². The van der Waals surface area contributed by atoms with Crippen LogP contribution in [-0.2, 0) is 0 Å². The van der Waals surface area contributed by atoms with Crippen molar-refractivity contribution < 1.29 is 5.11 Å². The lowest BCUT2D eigenvalue weighted by Crippen LogP contribution is -2.38. The summed E-state index contributed by atoms with van der Waals surface area (Å²) in [5.41, 5.74) is 0. The maximum atomic E-state index is 9.98. The topological polar surface area (TPSA) is 20.2 Å². The Morgan fingerprint density at radius 1 is 1.17 bits per heavy atom. The molecular formula is C11H22O. The van der Waals surface area contributed by atoms with E-state index in [-0.39, 0.29) is 6.10 Å². The fourth-order valence-corrected chi connectivity index (χ4v) is 2.34. The molecule has 1 N–H and O–H groups in total. The van der Waals surface area contributed by atoms with E-state index in [4.69, 9.17) is 0 Å². The predicted octanol–water partition coefficient (Wildman–Crippen LogP) is 2.69. The second kappa shape index (κ2) is 3.78. The molecule has 1 aliphatic rings. The Kier molecular flexibility index (Phi) is 3.16. The summed E-state index contributed by atoms with van der Waals surface area (Å²) in [7, 11) is 0. The van der Waals surface area contributed by atoms with E-state index in [0.717, 1.165) is 0 Å². The van der Waals surface area contributed by atoms with Gasteiger partial charge in [-0.1, -0.05) is 27.7 Å². The summed E-state index contributed by atoms with van der Waals surface area (Å²) in [6.07, 6.45) is 2.44. The van der Waals surface area contributed by atoms with Gasteiger partial charge in [-0.2, -0.15) is 0 Å². The molecule has 0 aromatic carbocycles. The van der Waals surface area contributed by atoms with Gasteiger partial charge in [0.2, 0.25) is 0 Å². The van der Waals surface area contributed by atoms with Gasteiger partial charge in [-0.25, -0.2) is 0 Å². The monoisotopic (exact) mass is 170 g/mol. The van der Waals surface area contributed by atoms with Gasteiger partial charge in [0.15, 0.2) is 0 Å². The van der Waals surface area contributed by atoms with Crippen molar-refractivity contribution in [3.63, 3.8) is 0 Å². The molecule has 0 saturated heterocycles. The first kappa shape index (κ1) is 10.0. The quantitative estimate of drug-likeness (QED) is 0.641. The van der Waals surface area contributed by atoms with Gasteiger partial charge in [-0.05, 0) is 36.5 Å². The summed E-state index contributed by atoms with van der Waals surface area (Å²) < 4.78 is 0. The van der Waals surface area contributed by atoms with E-state index in [1.807, 2.05) is 0 Å². The van der Waals surface area contributed by atoms with Gasteiger partial charge in [0.05, 0.1) is 6.10 Å². The van der Waals surface area contributed by atoms with E-state index in [1.165, 1.54) is 12.8 Å². The first-order chi connectivity index (χ1) is 5.54. The van der Waals surface area contributed by atoms with Gasteiger partial charge in [0, 0.05) is 0 Å². The molecule has 1 nitrogen and oxygen atoms in total. The summed E-state index contributed by atoms with van der Waals surface area (Å²) in [4.78, 5) is 0. The van der Waals surface area contributed by atoms with Crippen LogP contribution < -0.4 is 0 Å². The van der Waals surface area contributed by atoms with Crippen LogP contribution in [0.5, 0.6) is 0 Å². The Morgan fingerprint density at radius 2 is 1.75 bits per heavy atom. The predicted molar refractivity (Wildman–Crippen MR) is 51.9 cm³/mol. The zero-order valence-electron chi connectivity index (χ0n) is 8.75. The molecule has 0 radical (unpaired) electrons. The molecule has 1 fully saturated rings. The molecule has 4 atom stereocenters. The molecule has 1 heteroatoms. The highest BCUT2D eigenvalue weighted by Gasteiger charge is 2.34. The zero-order chi connectivity index (χ0) is 9.30. The Morgan fingerprint density at radius 3 is 2.25 bits per heavy atom. The molecule has 1 rings (SSSR count). The number of aliphatic hydroxyl groups excluding tert-OH is 1. The normalized spacial score (nSPS) is 43.5. The van der Waals surface area contributed by atoms with Gasteiger partial charge in [-0.3, -0.25) is 0 Å². The Bertz CT molecular complexity index is 142. The largest absolute Gasteiger partial charge is 0.393 e. The molecule has 0 aromatic rings. The molecule has 0 aromatic heterocycles. The smallest absolute Gasteiger partial charge is 0.0598 e. The standard InChI is InChI=1S/C11H22O/c1-7(2)10-6-5-8(3)9(4)11(10)12/h7-12H,5-6H2,1-4H3. The second-order valence-electron chi connectivity index (χ2n) is 4.81. The Hall–Kier alpha value is -0.0400. The molecule has 1 aliphatic carbocycles. The van der Waals surface area contributed by atoms with Crippen LogP contribution in [-0.4, -0.2) is 11.2 Å². The lowest BCUT2D eigenvalue weighted by molar-refractivity contribution is -0.0195. The van der Waals surface area contributed by atoms with Crippen LogP contribution in [0.4, 0.5) is 0 Å². The third-order valence-electron chi connectivity index (χ3n) is 3.69. The maximum absolute atomic E-state index is 9.98. The fourth-order valence-electron chi connectivity index (χ4n) is 2.34. The summed E-state index contributed by atoms with van der Waals surface area (Å²) in [6.45, 7) is 8.88. The third kappa shape index (κ3) is 1.82. The summed E-state index contributed by atoms with van der Waals surface area (Å²) in [5.74, 6) is 2.37. The Balaban J connectivity index is 2.58. The van der Waals surface area contributed by atoms with Crippen molar-refractivity contribution in [3.05, 3.63) is 0 Å². The average molecular weight is 170 g/mol. The first-order valence-corrected chi connectivity index (χ1v) is 5.22. The average Bonchev–Trinajstić information content (AvgIpc) is 2.00. The molecule has 72 valence electrons. The lowest BCUT2D eigenvalue weighted by Gasteiger charge is -2.39. The molecule has 4 unspecified atom stereocenters. The van der Waals surface area contributed by atoms with Crippen molar-refractivity contribution in [1.82, 2.24) is 0 Å². The van der Waals surface area contributed by atoms with Gasteiger partial charge >= 0.3 is 0 Å². The lowest BCUT2D eigenvalue weighted by atomic mass is 9.70. The van der Waals surface area contributed by atoms with Crippen LogP contribution in [0.3, 0.4) is 0 Å². The van der Waals surface area contributed by atoms with E-state index in [0.29, 0.717) is 23.7 Å². The van der Waals surface area contributed by atoms with Crippen molar-refractivity contribution in [2.24, 2.45) is 23.7 Å². The van der Waals surface area contributed by atoms with Crippen LogP contribution in [0.1, 0.15) is 40.5 Å². The van der Waals surface area contributed by atoms with Crippen LogP contribution in [0, 0.1) is 23.7 Å². The van der Waals surface area contributed by atoms with Crippen molar-refractivity contribution in [3.8, 4) is 0 Å². The minimum Gasteiger partial charge on any atom is -0.393 e. The van der Waals surface area contributed by atoms with Gasteiger partial charge in [-0.15, -0.1) is 0 Å². The minimum absolute atomic E-state index is 0.0613. The summed E-state index contributed by atoms with van der Waals surface area (Å²) in [5, 5.41) is 9.98. The highest BCUT2D eigenvalue weighted by molar-refractivity contribution is 4.84. The van der Waals surface area contributed by atoms with Gasteiger partial charge in [0.1, 0.15) is 0 Å². The van der Waals surface area contributed by atoms with Crippen molar-refractivity contribution in [2.75, 3.05) is 0 Å². The molecular weight excluding hydrogens is 148 g/mol. The van der Waals surface area contributed by atoms with E-state index in [1.54, 1.807) is 0 Å². The van der Waals surface area contributed by atoms with Crippen molar-refractivity contribution >= 4 is 0 Å². The number of rotatable bonds is 1. The SMILES string of the molecule is CC(C)C1CCC(C)C(C)C1O. The zero-order valence-corrected chi connectivity index (χ0v) is 8.75. The summed E-state index contributed by atoms with van der Waals surface area (Å²) >= 11 is 0. The molecule has 12 heavy (non-hydrogen) atoms. The minimum atomic E-state index is -0.0613. The van der Waals surface area contributed by atoms with E-state index in [9.17, 15) is 5.11 Å². The second-order valence-corrected chi connectivity index (χ2v) is 4.81. The van der Waals surface area contributed by atoms with Crippen molar-refractivity contribution in [1.29, 1.82) is 0 Å². The van der Waals surface area contributed by atoms with E-state index >= 15 is 0 Å².